The van der Waals surface area contributed by atoms with Crippen LogP contribution in [0.4, 0.5) is 5.69 Å². The monoisotopic (exact) mass is 637 g/mol. The van der Waals surface area contributed by atoms with Crippen molar-refractivity contribution in [3.05, 3.63) is 126 Å². The molecule has 47 heavy (non-hydrogen) atoms. The van der Waals surface area contributed by atoms with Gasteiger partial charge in [0.2, 0.25) is 0 Å². The maximum absolute atomic E-state index is 12.6. The number of ketones is 2. The van der Waals surface area contributed by atoms with Crippen LogP contribution in [0, 0.1) is 6.92 Å². The first-order valence-corrected chi connectivity index (χ1v) is 15.2. The third-order valence-electron chi connectivity index (χ3n) is 6.19. The van der Waals surface area contributed by atoms with Crippen LogP contribution in [0.15, 0.2) is 104 Å². The summed E-state index contributed by atoms with van der Waals surface area (Å²) >= 11 is 0. The molecule has 0 N–H and O–H groups in total. The summed E-state index contributed by atoms with van der Waals surface area (Å²) in [6.45, 7) is 15.2. The van der Waals surface area contributed by atoms with Crippen molar-refractivity contribution in [1.82, 2.24) is 0 Å². The molecule has 0 atom stereocenters. The molecule has 5 rings (SSSR count). The summed E-state index contributed by atoms with van der Waals surface area (Å²) in [6, 6.07) is 16.4. The molecule has 0 aromatic heterocycles. The summed E-state index contributed by atoms with van der Waals surface area (Å²) in [5, 5.41) is 0. The molecule has 0 fully saturated rings. The van der Waals surface area contributed by atoms with Gasteiger partial charge in [-0.05, 0) is 91.7 Å². The second-order valence-corrected chi connectivity index (χ2v) is 9.91. The van der Waals surface area contributed by atoms with Gasteiger partial charge in [-0.25, -0.2) is 14.5 Å². The van der Waals surface area contributed by atoms with Gasteiger partial charge in [-0.2, -0.15) is 0 Å². The largest absolute Gasteiger partial charge is 0.423 e. The molecule has 0 bridgehead atoms. The predicted octanol–water partition coefficient (Wildman–Crippen LogP) is 7.29. The van der Waals surface area contributed by atoms with Crippen LogP contribution < -0.4 is 14.4 Å². The van der Waals surface area contributed by atoms with Crippen molar-refractivity contribution in [3.63, 3.8) is 0 Å². The first-order chi connectivity index (χ1) is 22.5. The van der Waals surface area contributed by atoms with Crippen LogP contribution >= 0.6 is 0 Å². The van der Waals surface area contributed by atoms with Crippen molar-refractivity contribution in [2.75, 3.05) is 4.90 Å². The van der Waals surface area contributed by atoms with E-state index in [-0.39, 0.29) is 34.2 Å². The molecule has 0 saturated heterocycles. The molecule has 9 heteroatoms. The Morgan fingerprint density at radius 1 is 0.745 bits per heavy atom. The average molecular weight is 638 g/mol. The molecule has 2 aliphatic rings. The molecule has 244 valence electrons. The van der Waals surface area contributed by atoms with Crippen molar-refractivity contribution in [2.24, 2.45) is 0 Å². The van der Waals surface area contributed by atoms with Crippen LogP contribution in [0.2, 0.25) is 0 Å². The number of anilines is 1. The Labute approximate surface area is 275 Å². The molecule has 0 saturated carbocycles. The lowest BCUT2D eigenvalue weighted by atomic mass is 9.94. The molecule has 1 aliphatic carbocycles. The number of ether oxygens (including phenoxy) is 2. The van der Waals surface area contributed by atoms with E-state index >= 15 is 0 Å². The van der Waals surface area contributed by atoms with Crippen LogP contribution in [0.1, 0.15) is 78.8 Å². The highest BCUT2D eigenvalue weighted by atomic mass is 16.5. The molecule has 9 nitrogen and oxygen atoms in total. The number of esters is 2. The lowest BCUT2D eigenvalue weighted by Crippen LogP contribution is -2.29. The summed E-state index contributed by atoms with van der Waals surface area (Å²) in [7, 11) is 0. The molecular formula is C38H39NO8. The fraction of sp³-hybridized carbons (Fsp3) is 0.211. The first kappa shape index (κ1) is 37.5. The average Bonchev–Trinajstić information content (AvgIpc) is 3.58. The van der Waals surface area contributed by atoms with Crippen molar-refractivity contribution in [1.29, 1.82) is 0 Å². The molecule has 3 aromatic carbocycles. The maximum Gasteiger partial charge on any atom is 0.343 e. The number of hydrogen-bond donors (Lipinski definition) is 0. The van der Waals surface area contributed by atoms with E-state index in [1.54, 1.807) is 25.1 Å². The molecule has 1 heterocycles. The standard InChI is InChI=1S/C30H19NO8.C3H8.C3H6.C2H6/c1-17-16-22(38-29(36)19-4-2-18(3-5-19)28-23(32)11-12-24(28)33)10-13-25(17)39-30(37)20-6-8-21(9-7-20)31-26(34)14-15-27(31)35;2*1-3-2;1-2/h2-16,28H,1H3;3H2,1-2H3;3H,1H2,2H3;1-2H3. The van der Waals surface area contributed by atoms with Gasteiger partial charge in [-0.1, -0.05) is 52.3 Å². The number of amides is 2. The van der Waals surface area contributed by atoms with Crippen molar-refractivity contribution >= 4 is 41.0 Å². The Bertz CT molecular complexity index is 1650. The Balaban J connectivity index is 0.000000878. The van der Waals surface area contributed by atoms with E-state index in [4.69, 9.17) is 9.47 Å². The fourth-order valence-corrected chi connectivity index (χ4v) is 4.16. The number of aryl methyl sites for hydroxylation is 1. The van der Waals surface area contributed by atoms with Crippen LogP contribution in [0.5, 0.6) is 11.5 Å². The van der Waals surface area contributed by atoms with Crippen molar-refractivity contribution in [3.8, 4) is 11.5 Å². The topological polar surface area (TPSA) is 124 Å². The minimum atomic E-state index is -0.873. The van der Waals surface area contributed by atoms with Gasteiger partial charge in [0.15, 0.2) is 11.6 Å². The second kappa shape index (κ2) is 18.3. The number of carbonyl (C=O) groups excluding carboxylic acids is 6. The Morgan fingerprint density at radius 3 is 1.66 bits per heavy atom. The van der Waals surface area contributed by atoms with Crippen molar-refractivity contribution < 1.29 is 38.2 Å². The maximum atomic E-state index is 12.6. The number of allylic oxidation sites excluding steroid dienone is 3. The number of benzene rings is 3. The van der Waals surface area contributed by atoms with E-state index in [1.807, 2.05) is 20.8 Å². The van der Waals surface area contributed by atoms with Gasteiger partial charge in [0.25, 0.3) is 11.8 Å². The zero-order chi connectivity index (χ0) is 35.1. The van der Waals surface area contributed by atoms with Gasteiger partial charge in [-0.3, -0.25) is 19.2 Å². The summed E-state index contributed by atoms with van der Waals surface area (Å²) in [4.78, 5) is 73.6. The van der Waals surface area contributed by atoms with Gasteiger partial charge in [-0.15, -0.1) is 6.58 Å². The van der Waals surface area contributed by atoms with Crippen molar-refractivity contribution in [2.45, 2.75) is 53.9 Å². The molecular weight excluding hydrogens is 598 g/mol. The third-order valence-corrected chi connectivity index (χ3v) is 6.19. The first-order valence-electron chi connectivity index (χ1n) is 15.2. The minimum Gasteiger partial charge on any atom is -0.423 e. The Morgan fingerprint density at radius 2 is 1.19 bits per heavy atom. The highest BCUT2D eigenvalue weighted by Crippen LogP contribution is 2.27. The molecule has 1 aliphatic heterocycles. The Kier molecular flexibility index (Phi) is 14.6. The second-order valence-electron chi connectivity index (χ2n) is 9.91. The van der Waals surface area contributed by atoms with E-state index in [2.05, 4.69) is 20.4 Å². The highest BCUT2D eigenvalue weighted by molar-refractivity contribution is 6.28. The number of imide groups is 1. The lowest BCUT2D eigenvalue weighted by molar-refractivity contribution is -0.123. The highest BCUT2D eigenvalue weighted by Gasteiger charge is 2.30. The number of nitrogens with zero attached hydrogens (tertiary/aromatic N) is 1. The van der Waals surface area contributed by atoms with E-state index in [0.29, 0.717) is 16.8 Å². The van der Waals surface area contributed by atoms with E-state index in [1.165, 1.54) is 85.3 Å². The molecule has 0 spiro atoms. The van der Waals surface area contributed by atoms with Crippen LogP contribution in [-0.2, 0) is 19.2 Å². The van der Waals surface area contributed by atoms with Gasteiger partial charge < -0.3 is 9.47 Å². The fourth-order valence-electron chi connectivity index (χ4n) is 4.16. The van der Waals surface area contributed by atoms with Gasteiger partial charge >= 0.3 is 11.9 Å². The summed E-state index contributed by atoms with van der Waals surface area (Å²) < 4.78 is 10.9. The molecule has 0 unspecified atom stereocenters. The number of rotatable bonds is 6. The lowest BCUT2D eigenvalue weighted by Gasteiger charge is -2.14. The number of carbonyl (C=O) groups is 6. The molecule has 2 amide bonds. The van der Waals surface area contributed by atoms with Gasteiger partial charge in [0, 0.05) is 12.2 Å². The molecule has 3 aromatic rings. The summed E-state index contributed by atoms with van der Waals surface area (Å²) in [5.74, 6) is -3.20. The van der Waals surface area contributed by atoms with Crippen LogP contribution in [0.25, 0.3) is 0 Å². The quantitative estimate of drug-likeness (QED) is 0.0908. The van der Waals surface area contributed by atoms with E-state index < -0.39 is 29.7 Å². The minimum absolute atomic E-state index is 0.209. The summed E-state index contributed by atoms with van der Waals surface area (Å²) in [6.07, 6.45) is 7.83. The SMILES string of the molecule is C=CC.CC.CCC.Cc1cc(OC(=O)c2ccc(C3C(=O)C=CC3=O)cc2)ccc1OC(=O)c1ccc(N2C(=O)C=CC2=O)cc1. The number of hydrogen-bond acceptors (Lipinski definition) is 8. The zero-order valence-corrected chi connectivity index (χ0v) is 27.4. The normalized spacial score (nSPS) is 13.1. The smallest absolute Gasteiger partial charge is 0.343 e. The molecule has 0 radical (unpaired) electrons. The van der Waals surface area contributed by atoms with Gasteiger partial charge in [0.05, 0.1) is 16.8 Å². The van der Waals surface area contributed by atoms with Crippen LogP contribution in [-0.4, -0.2) is 35.3 Å². The zero-order valence-electron chi connectivity index (χ0n) is 27.4. The third kappa shape index (κ3) is 9.89. The van der Waals surface area contributed by atoms with Crippen LogP contribution in [0.3, 0.4) is 0 Å². The van der Waals surface area contributed by atoms with E-state index in [9.17, 15) is 28.8 Å². The van der Waals surface area contributed by atoms with Gasteiger partial charge in [0.1, 0.15) is 17.4 Å². The summed E-state index contributed by atoms with van der Waals surface area (Å²) in [5.41, 5.74) is 1.81. The predicted molar refractivity (Wildman–Crippen MR) is 181 cm³/mol. The van der Waals surface area contributed by atoms with E-state index in [0.717, 1.165) is 4.90 Å². The Hall–Kier alpha value is -5.70.